The summed E-state index contributed by atoms with van der Waals surface area (Å²) >= 11 is 0. The first kappa shape index (κ1) is 12.9. The molecule has 0 aliphatic carbocycles. The van der Waals surface area contributed by atoms with Gasteiger partial charge in [0.15, 0.2) is 0 Å². The molecule has 0 aromatic carbocycles. The molecule has 1 aliphatic heterocycles. The molecule has 1 aliphatic rings. The third-order valence-corrected chi connectivity index (χ3v) is 1.98. The van der Waals surface area contributed by atoms with Gasteiger partial charge >= 0.3 is 11.9 Å². The van der Waals surface area contributed by atoms with Gasteiger partial charge in [-0.05, 0) is 0 Å². The summed E-state index contributed by atoms with van der Waals surface area (Å²) in [7, 11) is 0. The summed E-state index contributed by atoms with van der Waals surface area (Å²) in [6, 6.07) is 0. The standard InChI is InChI=1S/C10H16O6/c1-7(11)13-3-9-5-16-10(6-15-9)4-14-8(2)12/h9-10H,3-6H2,1-2H3/t9-,10+. The summed E-state index contributed by atoms with van der Waals surface area (Å²) in [5, 5.41) is 0. The van der Waals surface area contributed by atoms with Gasteiger partial charge in [-0.3, -0.25) is 9.59 Å². The zero-order valence-electron chi connectivity index (χ0n) is 9.43. The van der Waals surface area contributed by atoms with E-state index in [1.165, 1.54) is 13.8 Å². The van der Waals surface area contributed by atoms with Gasteiger partial charge in [0.25, 0.3) is 0 Å². The molecular formula is C10H16O6. The van der Waals surface area contributed by atoms with Crippen LogP contribution < -0.4 is 0 Å². The van der Waals surface area contributed by atoms with Crippen LogP contribution in [0.15, 0.2) is 0 Å². The van der Waals surface area contributed by atoms with Gasteiger partial charge in [0.1, 0.15) is 25.4 Å². The quantitative estimate of drug-likeness (QED) is 0.630. The van der Waals surface area contributed by atoms with Crippen LogP contribution in [0.5, 0.6) is 0 Å². The molecule has 6 nitrogen and oxygen atoms in total. The van der Waals surface area contributed by atoms with Gasteiger partial charge in [-0.15, -0.1) is 0 Å². The van der Waals surface area contributed by atoms with E-state index in [9.17, 15) is 9.59 Å². The average molecular weight is 232 g/mol. The summed E-state index contributed by atoms with van der Waals surface area (Å²) in [4.78, 5) is 21.1. The van der Waals surface area contributed by atoms with Crippen molar-refractivity contribution in [3.05, 3.63) is 0 Å². The predicted molar refractivity (Wildman–Crippen MR) is 52.7 cm³/mol. The molecule has 0 bridgehead atoms. The normalized spacial score (nSPS) is 24.9. The van der Waals surface area contributed by atoms with Crippen molar-refractivity contribution in [1.29, 1.82) is 0 Å². The van der Waals surface area contributed by atoms with Crippen LogP contribution in [-0.4, -0.2) is 50.6 Å². The maximum absolute atomic E-state index is 10.6. The van der Waals surface area contributed by atoms with Crippen molar-refractivity contribution in [2.24, 2.45) is 0 Å². The van der Waals surface area contributed by atoms with E-state index in [1.54, 1.807) is 0 Å². The Morgan fingerprint density at radius 3 is 1.62 bits per heavy atom. The zero-order chi connectivity index (χ0) is 12.0. The van der Waals surface area contributed by atoms with Crippen LogP contribution in [0.2, 0.25) is 0 Å². The van der Waals surface area contributed by atoms with Crippen LogP contribution in [0.25, 0.3) is 0 Å². The summed E-state index contributed by atoms with van der Waals surface area (Å²) in [6.45, 7) is 3.73. The molecule has 0 unspecified atom stereocenters. The van der Waals surface area contributed by atoms with E-state index < -0.39 is 0 Å². The Hall–Kier alpha value is -1.14. The summed E-state index contributed by atoms with van der Waals surface area (Å²) in [5.74, 6) is -0.684. The van der Waals surface area contributed by atoms with Crippen LogP contribution in [0.3, 0.4) is 0 Å². The largest absolute Gasteiger partial charge is 0.463 e. The average Bonchev–Trinajstić information content (AvgIpc) is 2.25. The van der Waals surface area contributed by atoms with Gasteiger partial charge in [-0.1, -0.05) is 0 Å². The Balaban J connectivity index is 2.13. The molecule has 0 spiro atoms. The lowest BCUT2D eigenvalue weighted by Gasteiger charge is -2.28. The minimum absolute atomic E-state index is 0.190. The second-order valence-corrected chi connectivity index (χ2v) is 3.52. The van der Waals surface area contributed by atoms with Gasteiger partial charge in [0, 0.05) is 13.8 Å². The number of hydrogen-bond acceptors (Lipinski definition) is 6. The maximum atomic E-state index is 10.6. The molecule has 16 heavy (non-hydrogen) atoms. The smallest absolute Gasteiger partial charge is 0.302 e. The minimum atomic E-state index is -0.342. The highest BCUT2D eigenvalue weighted by atomic mass is 16.6. The fourth-order valence-electron chi connectivity index (χ4n) is 1.20. The molecule has 0 amide bonds. The fourth-order valence-corrected chi connectivity index (χ4v) is 1.20. The van der Waals surface area contributed by atoms with E-state index in [-0.39, 0.29) is 37.4 Å². The minimum Gasteiger partial charge on any atom is -0.463 e. The van der Waals surface area contributed by atoms with Crippen LogP contribution in [0, 0.1) is 0 Å². The van der Waals surface area contributed by atoms with Crippen molar-refractivity contribution >= 4 is 11.9 Å². The molecule has 6 heteroatoms. The predicted octanol–water partition coefficient (Wildman–Crippen LogP) is -0.103. The van der Waals surface area contributed by atoms with Gasteiger partial charge in [-0.2, -0.15) is 0 Å². The lowest BCUT2D eigenvalue weighted by molar-refractivity contribution is -0.178. The lowest BCUT2D eigenvalue weighted by Crippen LogP contribution is -2.40. The Kier molecular flexibility index (Phi) is 5.21. The first-order valence-electron chi connectivity index (χ1n) is 5.08. The molecular weight excluding hydrogens is 216 g/mol. The van der Waals surface area contributed by atoms with Gasteiger partial charge < -0.3 is 18.9 Å². The monoisotopic (exact) mass is 232 g/mol. The molecule has 1 fully saturated rings. The van der Waals surface area contributed by atoms with Crippen molar-refractivity contribution in [3.63, 3.8) is 0 Å². The molecule has 0 N–H and O–H groups in total. The molecule has 2 atom stereocenters. The molecule has 1 saturated heterocycles. The number of carbonyl (C=O) groups excluding carboxylic acids is 2. The number of carbonyl (C=O) groups is 2. The number of ether oxygens (including phenoxy) is 4. The van der Waals surface area contributed by atoms with Crippen LogP contribution in [0.1, 0.15) is 13.8 Å². The van der Waals surface area contributed by atoms with Crippen molar-refractivity contribution in [3.8, 4) is 0 Å². The van der Waals surface area contributed by atoms with Gasteiger partial charge in [0.2, 0.25) is 0 Å². The Labute approximate surface area is 93.8 Å². The topological polar surface area (TPSA) is 71.1 Å². The van der Waals surface area contributed by atoms with E-state index in [0.717, 1.165) is 0 Å². The molecule has 92 valence electrons. The van der Waals surface area contributed by atoms with Gasteiger partial charge in [0.05, 0.1) is 13.2 Å². The van der Waals surface area contributed by atoms with Crippen molar-refractivity contribution in [2.75, 3.05) is 26.4 Å². The van der Waals surface area contributed by atoms with Crippen LogP contribution in [-0.2, 0) is 28.5 Å². The molecule has 0 saturated carbocycles. The third-order valence-electron chi connectivity index (χ3n) is 1.98. The summed E-state index contributed by atoms with van der Waals surface area (Å²) in [6.07, 6.45) is -0.477. The van der Waals surface area contributed by atoms with E-state index in [1.807, 2.05) is 0 Å². The van der Waals surface area contributed by atoms with Crippen molar-refractivity contribution in [2.45, 2.75) is 26.1 Å². The summed E-state index contributed by atoms with van der Waals surface area (Å²) < 4.78 is 20.3. The van der Waals surface area contributed by atoms with Crippen molar-refractivity contribution < 1.29 is 28.5 Å². The molecule has 0 radical (unpaired) electrons. The van der Waals surface area contributed by atoms with Crippen molar-refractivity contribution in [1.82, 2.24) is 0 Å². The number of hydrogen-bond donors (Lipinski definition) is 0. The maximum Gasteiger partial charge on any atom is 0.302 e. The number of esters is 2. The second kappa shape index (κ2) is 6.44. The molecule has 1 heterocycles. The Morgan fingerprint density at radius 1 is 1.00 bits per heavy atom. The Morgan fingerprint density at radius 2 is 1.38 bits per heavy atom. The van der Waals surface area contributed by atoms with E-state index in [4.69, 9.17) is 18.9 Å². The zero-order valence-corrected chi connectivity index (χ0v) is 9.43. The Bertz CT molecular complexity index is 218. The molecule has 0 aromatic rings. The highest BCUT2D eigenvalue weighted by molar-refractivity contribution is 5.66. The molecule has 0 aromatic heterocycles. The van der Waals surface area contributed by atoms with Crippen LogP contribution in [0.4, 0.5) is 0 Å². The van der Waals surface area contributed by atoms with E-state index >= 15 is 0 Å². The highest BCUT2D eigenvalue weighted by Crippen LogP contribution is 2.08. The van der Waals surface area contributed by atoms with Crippen LogP contribution >= 0.6 is 0 Å². The number of rotatable bonds is 4. The lowest BCUT2D eigenvalue weighted by atomic mass is 10.3. The van der Waals surface area contributed by atoms with E-state index in [0.29, 0.717) is 13.2 Å². The van der Waals surface area contributed by atoms with E-state index in [2.05, 4.69) is 0 Å². The third kappa shape index (κ3) is 5.09. The summed E-state index contributed by atoms with van der Waals surface area (Å²) in [5.41, 5.74) is 0. The first-order chi connectivity index (χ1) is 7.58. The fraction of sp³-hybridized carbons (Fsp3) is 0.800. The first-order valence-corrected chi connectivity index (χ1v) is 5.08. The second-order valence-electron chi connectivity index (χ2n) is 3.52. The molecule has 1 rings (SSSR count). The highest BCUT2D eigenvalue weighted by Gasteiger charge is 2.23. The SMILES string of the molecule is CC(=O)OC[C@@H]1CO[C@@H](COC(C)=O)CO1. The van der Waals surface area contributed by atoms with Gasteiger partial charge in [-0.25, -0.2) is 0 Å².